The van der Waals surface area contributed by atoms with Crippen LogP contribution in [0.1, 0.15) is 31.7 Å². The first kappa shape index (κ1) is 21.1. The molecule has 1 heterocycles. The maximum Gasteiger partial charge on any atom is 0.269 e. The molecule has 1 fully saturated rings. The highest BCUT2D eigenvalue weighted by Gasteiger charge is 2.42. The van der Waals surface area contributed by atoms with Gasteiger partial charge in [-0.3, -0.25) is 14.9 Å². The van der Waals surface area contributed by atoms with Crippen molar-refractivity contribution >= 4 is 28.9 Å². The van der Waals surface area contributed by atoms with Crippen molar-refractivity contribution in [2.24, 2.45) is 0 Å². The number of carbonyl (C=O) groups excluding carboxylic acids is 1. The molecule has 0 saturated carbocycles. The number of non-ortho nitro benzene ring substituents is 1. The predicted molar refractivity (Wildman–Crippen MR) is 111 cm³/mol. The minimum Gasteiger partial charge on any atom is -0.492 e. The fourth-order valence-corrected chi connectivity index (χ4v) is 3.66. The Labute approximate surface area is 174 Å². The van der Waals surface area contributed by atoms with Gasteiger partial charge in [0.05, 0.1) is 22.0 Å². The fraction of sp³-hybridized carbons (Fsp3) is 0.381. The molecule has 1 N–H and O–H groups in total. The molecule has 2 aromatic rings. The summed E-state index contributed by atoms with van der Waals surface area (Å²) in [5, 5.41) is 14.3. The van der Waals surface area contributed by atoms with Crippen LogP contribution in [0, 0.1) is 10.1 Å². The number of carbonyl (C=O) groups is 1. The number of benzene rings is 2. The van der Waals surface area contributed by atoms with E-state index >= 15 is 0 Å². The average Bonchev–Trinajstić information content (AvgIpc) is 2.73. The fourth-order valence-electron chi connectivity index (χ4n) is 3.43. The lowest BCUT2D eigenvalue weighted by atomic mass is 9.73. The van der Waals surface area contributed by atoms with Crippen molar-refractivity contribution in [1.29, 1.82) is 0 Å². The number of nitrogens with zero attached hydrogens (tertiary/aromatic N) is 1. The molecule has 7 nitrogen and oxygen atoms in total. The van der Waals surface area contributed by atoms with Crippen LogP contribution in [0.15, 0.2) is 42.5 Å². The van der Waals surface area contributed by atoms with Gasteiger partial charge in [-0.15, -0.1) is 0 Å². The average molecular weight is 419 g/mol. The molecule has 29 heavy (non-hydrogen) atoms. The molecule has 2 aromatic carbocycles. The SMILES string of the molecule is CCCOc1ccc(NC(=O)C2(c3ccc([N+](=O)[O-])cc3)CCOCC2)cc1Cl. The number of amides is 1. The Morgan fingerprint density at radius 3 is 2.52 bits per heavy atom. The highest BCUT2D eigenvalue weighted by atomic mass is 35.5. The van der Waals surface area contributed by atoms with Gasteiger partial charge in [-0.25, -0.2) is 0 Å². The standard InChI is InChI=1S/C21H23ClN2O5/c1-2-11-29-19-8-5-16(14-18(19)22)23-20(25)21(9-12-28-13-10-21)15-3-6-17(7-4-15)24(26)27/h3-8,14H,2,9-13H2,1H3,(H,23,25). The quantitative estimate of drug-likeness (QED) is 0.518. The van der Waals surface area contributed by atoms with Crippen molar-refractivity contribution in [3.63, 3.8) is 0 Å². The number of nitro benzene ring substituents is 1. The summed E-state index contributed by atoms with van der Waals surface area (Å²) < 4.78 is 11.0. The largest absolute Gasteiger partial charge is 0.492 e. The van der Waals surface area contributed by atoms with Gasteiger partial charge in [-0.2, -0.15) is 0 Å². The zero-order chi connectivity index (χ0) is 20.9. The number of rotatable bonds is 7. The van der Waals surface area contributed by atoms with Crippen LogP contribution in [0.2, 0.25) is 5.02 Å². The third kappa shape index (κ3) is 4.68. The predicted octanol–water partition coefficient (Wildman–Crippen LogP) is 4.72. The first-order valence-electron chi connectivity index (χ1n) is 9.53. The van der Waals surface area contributed by atoms with Gasteiger partial charge in [-0.05, 0) is 43.0 Å². The topological polar surface area (TPSA) is 90.7 Å². The van der Waals surface area contributed by atoms with E-state index in [1.807, 2.05) is 6.92 Å². The first-order chi connectivity index (χ1) is 14.0. The van der Waals surface area contributed by atoms with E-state index in [1.54, 1.807) is 30.3 Å². The van der Waals surface area contributed by atoms with Gasteiger partial charge in [0, 0.05) is 31.0 Å². The van der Waals surface area contributed by atoms with Crippen LogP contribution in [0.25, 0.3) is 0 Å². The van der Waals surface area contributed by atoms with Crippen LogP contribution in [0.3, 0.4) is 0 Å². The Morgan fingerprint density at radius 1 is 1.24 bits per heavy atom. The van der Waals surface area contributed by atoms with Gasteiger partial charge < -0.3 is 14.8 Å². The maximum atomic E-state index is 13.3. The van der Waals surface area contributed by atoms with E-state index < -0.39 is 10.3 Å². The van der Waals surface area contributed by atoms with E-state index in [1.165, 1.54) is 12.1 Å². The van der Waals surface area contributed by atoms with Crippen LogP contribution >= 0.6 is 11.6 Å². The summed E-state index contributed by atoms with van der Waals surface area (Å²) in [6, 6.07) is 11.3. The number of anilines is 1. The van der Waals surface area contributed by atoms with E-state index in [2.05, 4.69) is 5.32 Å². The van der Waals surface area contributed by atoms with Crippen LogP contribution in [-0.4, -0.2) is 30.7 Å². The van der Waals surface area contributed by atoms with E-state index in [0.717, 1.165) is 12.0 Å². The highest BCUT2D eigenvalue weighted by Crippen LogP contribution is 2.37. The molecular weight excluding hydrogens is 396 g/mol. The molecule has 154 valence electrons. The summed E-state index contributed by atoms with van der Waals surface area (Å²) in [6.07, 6.45) is 1.85. The summed E-state index contributed by atoms with van der Waals surface area (Å²) in [5.41, 5.74) is 0.470. The van der Waals surface area contributed by atoms with Crippen LogP contribution in [0.5, 0.6) is 5.75 Å². The Bertz CT molecular complexity index is 879. The van der Waals surface area contributed by atoms with Crippen molar-refractivity contribution in [1.82, 2.24) is 0 Å². The van der Waals surface area contributed by atoms with Gasteiger partial charge in [0.15, 0.2) is 0 Å². The molecule has 0 radical (unpaired) electrons. The van der Waals surface area contributed by atoms with E-state index in [-0.39, 0.29) is 11.6 Å². The zero-order valence-electron chi connectivity index (χ0n) is 16.2. The molecule has 1 aliphatic heterocycles. The molecule has 8 heteroatoms. The molecule has 0 spiro atoms. The molecular formula is C21H23ClN2O5. The van der Waals surface area contributed by atoms with Crippen molar-refractivity contribution < 1.29 is 19.2 Å². The third-order valence-electron chi connectivity index (χ3n) is 5.06. The van der Waals surface area contributed by atoms with Gasteiger partial charge in [-0.1, -0.05) is 30.7 Å². The zero-order valence-corrected chi connectivity index (χ0v) is 16.9. The molecule has 1 aliphatic rings. The van der Waals surface area contributed by atoms with E-state index in [9.17, 15) is 14.9 Å². The van der Waals surface area contributed by atoms with Gasteiger partial charge in [0.1, 0.15) is 5.75 Å². The Balaban J connectivity index is 1.84. The third-order valence-corrected chi connectivity index (χ3v) is 5.36. The Hall–Kier alpha value is -2.64. The number of ether oxygens (including phenoxy) is 2. The first-order valence-corrected chi connectivity index (χ1v) is 9.90. The minimum absolute atomic E-state index is 0.00850. The molecule has 0 atom stereocenters. The van der Waals surface area contributed by atoms with Crippen LogP contribution in [0.4, 0.5) is 11.4 Å². The van der Waals surface area contributed by atoms with E-state index in [0.29, 0.717) is 49.1 Å². The molecule has 1 amide bonds. The molecule has 0 aromatic heterocycles. The number of hydrogen-bond donors (Lipinski definition) is 1. The summed E-state index contributed by atoms with van der Waals surface area (Å²) in [4.78, 5) is 23.8. The lowest BCUT2D eigenvalue weighted by Crippen LogP contribution is -2.44. The van der Waals surface area contributed by atoms with Crippen molar-refractivity contribution in [3.8, 4) is 5.75 Å². The maximum absolute atomic E-state index is 13.3. The Morgan fingerprint density at radius 2 is 1.93 bits per heavy atom. The highest BCUT2D eigenvalue weighted by molar-refractivity contribution is 6.32. The monoisotopic (exact) mass is 418 g/mol. The molecule has 0 unspecified atom stereocenters. The molecule has 0 bridgehead atoms. The van der Waals surface area contributed by atoms with Gasteiger partial charge in [0.25, 0.3) is 5.69 Å². The number of hydrogen-bond acceptors (Lipinski definition) is 5. The number of halogens is 1. The van der Waals surface area contributed by atoms with Gasteiger partial charge in [0.2, 0.25) is 5.91 Å². The summed E-state index contributed by atoms with van der Waals surface area (Å²) in [7, 11) is 0. The summed E-state index contributed by atoms with van der Waals surface area (Å²) >= 11 is 6.27. The smallest absolute Gasteiger partial charge is 0.269 e. The molecule has 1 saturated heterocycles. The van der Waals surface area contributed by atoms with Crippen molar-refractivity contribution in [3.05, 3.63) is 63.2 Å². The van der Waals surface area contributed by atoms with Gasteiger partial charge >= 0.3 is 0 Å². The summed E-state index contributed by atoms with van der Waals surface area (Å²) in [5.74, 6) is 0.385. The minimum atomic E-state index is -0.822. The Kier molecular flexibility index (Phi) is 6.71. The second-order valence-corrected chi connectivity index (χ2v) is 7.35. The second kappa shape index (κ2) is 9.24. The number of nitro groups is 1. The lowest BCUT2D eigenvalue weighted by molar-refractivity contribution is -0.384. The van der Waals surface area contributed by atoms with Crippen molar-refractivity contribution in [2.45, 2.75) is 31.6 Å². The van der Waals surface area contributed by atoms with Crippen molar-refractivity contribution in [2.75, 3.05) is 25.1 Å². The second-order valence-electron chi connectivity index (χ2n) is 6.95. The molecule has 0 aliphatic carbocycles. The van der Waals surface area contributed by atoms with Crippen LogP contribution in [-0.2, 0) is 14.9 Å². The van der Waals surface area contributed by atoms with E-state index in [4.69, 9.17) is 21.1 Å². The normalized spacial score (nSPS) is 15.5. The molecule has 3 rings (SSSR count). The lowest BCUT2D eigenvalue weighted by Gasteiger charge is -2.36. The van der Waals surface area contributed by atoms with Crippen LogP contribution < -0.4 is 10.1 Å². The summed E-state index contributed by atoms with van der Waals surface area (Å²) in [6.45, 7) is 3.45. The number of nitrogens with one attached hydrogen (secondary N) is 1.